The molecule has 2 heterocycles. The van der Waals surface area contributed by atoms with E-state index in [0.29, 0.717) is 33.4 Å². The smallest absolute Gasteiger partial charge is 0.348 e. The summed E-state index contributed by atoms with van der Waals surface area (Å²) in [5.41, 5.74) is 2.92. The maximum Gasteiger partial charge on any atom is 0.348 e. The van der Waals surface area contributed by atoms with Gasteiger partial charge in [-0.3, -0.25) is 19.6 Å². The van der Waals surface area contributed by atoms with Gasteiger partial charge in [0.25, 0.3) is 5.91 Å². The molecule has 0 aliphatic carbocycles. The zero-order valence-electron chi connectivity index (χ0n) is 17.6. The molecule has 3 aromatic rings. The lowest BCUT2D eigenvalue weighted by molar-refractivity contribution is -0.386. The van der Waals surface area contributed by atoms with E-state index in [1.807, 2.05) is 0 Å². The number of amides is 1. The number of carbonyl (C=O) groups excluding carboxylic acids is 2. The van der Waals surface area contributed by atoms with Crippen LogP contribution in [0, 0.1) is 30.9 Å². The summed E-state index contributed by atoms with van der Waals surface area (Å²) in [4.78, 5) is 35.7. The van der Waals surface area contributed by atoms with E-state index in [4.69, 9.17) is 4.74 Å². The number of anilines is 1. The highest BCUT2D eigenvalue weighted by Crippen LogP contribution is 2.28. The number of aromatic nitrogens is 2. The van der Waals surface area contributed by atoms with Crippen LogP contribution >= 0.6 is 11.3 Å². The second-order valence-electron chi connectivity index (χ2n) is 6.93. The van der Waals surface area contributed by atoms with Gasteiger partial charge in [0, 0.05) is 5.56 Å². The van der Waals surface area contributed by atoms with Crippen molar-refractivity contribution in [1.29, 1.82) is 0 Å². The van der Waals surface area contributed by atoms with Gasteiger partial charge in [0.15, 0.2) is 0 Å². The quantitative estimate of drug-likeness (QED) is 0.332. The Bertz CT molecular complexity index is 1150. The number of nitrogens with one attached hydrogen (secondary N) is 1. The van der Waals surface area contributed by atoms with Crippen LogP contribution in [0.1, 0.15) is 49.5 Å². The van der Waals surface area contributed by atoms with Crippen LogP contribution in [-0.2, 0) is 11.3 Å². The van der Waals surface area contributed by atoms with Gasteiger partial charge in [-0.2, -0.15) is 5.10 Å². The first-order valence-electron chi connectivity index (χ1n) is 9.57. The molecule has 0 atom stereocenters. The van der Waals surface area contributed by atoms with Crippen LogP contribution in [0.5, 0.6) is 0 Å². The van der Waals surface area contributed by atoms with Crippen LogP contribution in [-0.4, -0.2) is 33.2 Å². The Labute approximate surface area is 182 Å². The average Bonchev–Trinajstić information content (AvgIpc) is 3.21. The number of thiophene rings is 1. The molecule has 2 aromatic heterocycles. The molecule has 0 fully saturated rings. The van der Waals surface area contributed by atoms with Gasteiger partial charge in [-0.1, -0.05) is 12.1 Å². The molecule has 0 bridgehead atoms. The molecule has 1 N–H and O–H groups in total. The van der Waals surface area contributed by atoms with Gasteiger partial charge in [0.05, 0.1) is 23.1 Å². The summed E-state index contributed by atoms with van der Waals surface area (Å²) in [6.07, 6.45) is 0. The Morgan fingerprint density at radius 1 is 1.23 bits per heavy atom. The van der Waals surface area contributed by atoms with Crippen molar-refractivity contribution in [3.05, 3.63) is 73.4 Å². The Morgan fingerprint density at radius 3 is 2.48 bits per heavy atom. The van der Waals surface area contributed by atoms with E-state index in [-0.39, 0.29) is 18.2 Å². The molecule has 1 aromatic carbocycles. The number of carbonyl (C=O) groups is 2. The lowest BCUT2D eigenvalue weighted by Crippen LogP contribution is -2.11. The number of hydrogen-bond donors (Lipinski definition) is 1. The molecule has 0 aliphatic heterocycles. The number of esters is 1. The van der Waals surface area contributed by atoms with Crippen molar-refractivity contribution < 1.29 is 19.2 Å². The molecule has 3 rings (SSSR count). The van der Waals surface area contributed by atoms with Gasteiger partial charge in [-0.15, -0.1) is 11.3 Å². The molecule has 0 radical (unpaired) electrons. The van der Waals surface area contributed by atoms with E-state index >= 15 is 0 Å². The maximum absolute atomic E-state index is 12.6. The highest BCUT2D eigenvalue weighted by molar-refractivity contribution is 7.18. The van der Waals surface area contributed by atoms with E-state index in [9.17, 15) is 19.7 Å². The Morgan fingerprint density at radius 2 is 1.90 bits per heavy atom. The minimum atomic E-state index is -0.429. The molecule has 1 amide bonds. The summed E-state index contributed by atoms with van der Waals surface area (Å²) in [6, 6.07) is 8.65. The fourth-order valence-corrected chi connectivity index (χ4v) is 4.13. The van der Waals surface area contributed by atoms with Crippen molar-refractivity contribution in [1.82, 2.24) is 9.78 Å². The maximum atomic E-state index is 12.6. The van der Waals surface area contributed by atoms with E-state index in [1.54, 1.807) is 62.7 Å². The van der Waals surface area contributed by atoms with Gasteiger partial charge >= 0.3 is 11.7 Å². The minimum Gasteiger partial charge on any atom is -0.462 e. The van der Waals surface area contributed by atoms with Gasteiger partial charge < -0.3 is 10.1 Å². The number of aryl methyl sites for hydroxylation is 2. The number of ether oxygens (including phenoxy) is 1. The highest BCUT2D eigenvalue weighted by atomic mass is 32.1. The van der Waals surface area contributed by atoms with Gasteiger partial charge in [-0.05, 0) is 57.0 Å². The van der Waals surface area contributed by atoms with Crippen molar-refractivity contribution in [2.75, 3.05) is 11.9 Å². The van der Waals surface area contributed by atoms with Crippen molar-refractivity contribution >= 4 is 33.9 Å². The van der Waals surface area contributed by atoms with Crippen LogP contribution in [0.2, 0.25) is 0 Å². The van der Waals surface area contributed by atoms with E-state index < -0.39 is 10.9 Å². The molecule has 0 aliphatic rings. The van der Waals surface area contributed by atoms with Crippen LogP contribution in [0.4, 0.5) is 10.7 Å². The second kappa shape index (κ2) is 9.09. The minimum absolute atomic E-state index is 0.0180. The van der Waals surface area contributed by atoms with E-state index in [0.717, 1.165) is 11.1 Å². The first kappa shape index (κ1) is 22.2. The lowest BCUT2D eigenvalue weighted by Gasteiger charge is -2.06. The summed E-state index contributed by atoms with van der Waals surface area (Å²) in [7, 11) is 0. The van der Waals surface area contributed by atoms with E-state index in [2.05, 4.69) is 10.4 Å². The Kier molecular flexibility index (Phi) is 6.50. The first-order chi connectivity index (χ1) is 14.7. The third-order valence-corrected chi connectivity index (χ3v) is 5.82. The van der Waals surface area contributed by atoms with Gasteiger partial charge in [0.1, 0.15) is 16.3 Å². The second-order valence-corrected chi connectivity index (χ2v) is 7.98. The zero-order valence-corrected chi connectivity index (χ0v) is 18.4. The lowest BCUT2D eigenvalue weighted by atomic mass is 10.1. The number of nitro groups is 1. The molecular formula is C21H22N4O5S. The molecule has 0 saturated heterocycles. The summed E-state index contributed by atoms with van der Waals surface area (Å²) in [5, 5.41) is 18.7. The molecule has 31 heavy (non-hydrogen) atoms. The Hall–Kier alpha value is -3.53. The Balaban J connectivity index is 1.70. The predicted octanol–water partition coefficient (Wildman–Crippen LogP) is 4.26. The summed E-state index contributed by atoms with van der Waals surface area (Å²) in [6.45, 7) is 7.44. The predicted molar refractivity (Wildman–Crippen MR) is 117 cm³/mol. The molecular weight excluding hydrogens is 420 g/mol. The SMILES string of the molecule is CCOC(=O)c1sc(NC(=O)c2ccc(Cn3nc(C)c([N+](=O)[O-])c3C)cc2)cc1C. The summed E-state index contributed by atoms with van der Waals surface area (Å²) < 4.78 is 6.60. The number of benzene rings is 1. The molecule has 0 saturated carbocycles. The number of rotatable bonds is 7. The van der Waals surface area contributed by atoms with Gasteiger partial charge in [0.2, 0.25) is 0 Å². The van der Waals surface area contributed by atoms with E-state index in [1.165, 1.54) is 11.3 Å². The monoisotopic (exact) mass is 442 g/mol. The third kappa shape index (κ3) is 4.80. The van der Waals surface area contributed by atoms with Crippen LogP contribution in [0.15, 0.2) is 30.3 Å². The number of nitrogens with zero attached hydrogens (tertiary/aromatic N) is 3. The molecule has 10 heteroatoms. The molecule has 162 valence electrons. The van der Waals surface area contributed by atoms with Crippen LogP contribution < -0.4 is 5.32 Å². The fraction of sp³-hybridized carbons (Fsp3) is 0.286. The largest absolute Gasteiger partial charge is 0.462 e. The fourth-order valence-electron chi connectivity index (χ4n) is 3.17. The van der Waals surface area contributed by atoms with Crippen LogP contribution in [0.25, 0.3) is 0 Å². The van der Waals surface area contributed by atoms with Crippen molar-refractivity contribution in [2.45, 2.75) is 34.2 Å². The normalized spacial score (nSPS) is 10.7. The van der Waals surface area contributed by atoms with Gasteiger partial charge in [-0.25, -0.2) is 4.79 Å². The van der Waals surface area contributed by atoms with Crippen molar-refractivity contribution in [2.24, 2.45) is 0 Å². The summed E-state index contributed by atoms with van der Waals surface area (Å²) >= 11 is 1.17. The topological polar surface area (TPSA) is 116 Å². The van der Waals surface area contributed by atoms with Crippen molar-refractivity contribution in [3.63, 3.8) is 0 Å². The molecule has 0 unspecified atom stereocenters. The average molecular weight is 442 g/mol. The molecule has 0 spiro atoms. The highest BCUT2D eigenvalue weighted by Gasteiger charge is 2.22. The van der Waals surface area contributed by atoms with Crippen molar-refractivity contribution in [3.8, 4) is 0 Å². The van der Waals surface area contributed by atoms with Crippen LogP contribution in [0.3, 0.4) is 0 Å². The molecule has 9 nitrogen and oxygen atoms in total. The number of hydrogen-bond acceptors (Lipinski definition) is 7. The first-order valence-corrected chi connectivity index (χ1v) is 10.4. The summed E-state index contributed by atoms with van der Waals surface area (Å²) in [5.74, 6) is -0.704. The third-order valence-electron chi connectivity index (χ3n) is 4.69. The zero-order chi connectivity index (χ0) is 22.7. The standard InChI is InChI=1S/C21H22N4O5S/c1-5-30-21(27)19-12(2)10-17(31-19)22-20(26)16-8-6-15(7-9-16)11-24-14(4)18(25(28)29)13(3)23-24/h6-10H,5,11H2,1-4H3,(H,22,26).